The zero-order valence-electron chi connectivity index (χ0n) is 17.9. The molecule has 34 heavy (non-hydrogen) atoms. The number of fused-ring (bicyclic) bond motifs is 1. The number of nitrogens with one attached hydrogen (secondary N) is 1. The number of hydrogen-bond donors (Lipinski definition) is 1. The molecule has 1 aliphatic heterocycles. The van der Waals surface area contributed by atoms with Gasteiger partial charge in [0, 0.05) is 10.5 Å². The predicted molar refractivity (Wildman–Crippen MR) is 133 cm³/mol. The van der Waals surface area contributed by atoms with Crippen LogP contribution in [0.3, 0.4) is 0 Å². The molecule has 0 bridgehead atoms. The lowest BCUT2D eigenvalue weighted by atomic mass is 10.0. The first-order valence-electron chi connectivity index (χ1n) is 10.6. The van der Waals surface area contributed by atoms with E-state index in [2.05, 4.69) is 21.4 Å². The van der Waals surface area contributed by atoms with Crippen molar-refractivity contribution in [2.45, 2.75) is 12.5 Å². The van der Waals surface area contributed by atoms with E-state index in [1.807, 2.05) is 66.7 Å². The van der Waals surface area contributed by atoms with Gasteiger partial charge in [0.2, 0.25) is 5.91 Å². The maximum atomic E-state index is 13.5. The SMILES string of the molecule is O=C(/C=C/c1ccccc1)NN1C(=O)CC1c1nc2ccc(Br)cc2c(=O)n1-c1ccccc1. The molecule has 7 nitrogen and oxygen atoms in total. The summed E-state index contributed by atoms with van der Waals surface area (Å²) < 4.78 is 2.27. The molecule has 0 spiro atoms. The maximum Gasteiger partial charge on any atom is 0.266 e. The Labute approximate surface area is 203 Å². The van der Waals surface area contributed by atoms with E-state index in [0.717, 1.165) is 10.0 Å². The smallest absolute Gasteiger partial charge is 0.266 e. The Morgan fingerprint density at radius 2 is 1.71 bits per heavy atom. The molecular formula is C26H19BrN4O3. The summed E-state index contributed by atoms with van der Waals surface area (Å²) in [5.41, 5.74) is 4.40. The second kappa shape index (κ2) is 9.07. The van der Waals surface area contributed by atoms with Crippen molar-refractivity contribution in [2.75, 3.05) is 0 Å². The molecule has 0 radical (unpaired) electrons. The summed E-state index contributed by atoms with van der Waals surface area (Å²) in [7, 11) is 0. The average Bonchev–Trinajstić information content (AvgIpc) is 2.86. The normalized spacial score (nSPS) is 15.5. The molecule has 0 aliphatic carbocycles. The van der Waals surface area contributed by atoms with Crippen molar-refractivity contribution in [3.63, 3.8) is 0 Å². The summed E-state index contributed by atoms with van der Waals surface area (Å²) in [5.74, 6) is -0.311. The quantitative estimate of drug-likeness (QED) is 0.320. The fraction of sp³-hybridized carbons (Fsp3) is 0.0769. The predicted octanol–water partition coefficient (Wildman–Crippen LogP) is 4.17. The average molecular weight is 515 g/mol. The van der Waals surface area contributed by atoms with Crippen LogP contribution in [0.4, 0.5) is 0 Å². The summed E-state index contributed by atoms with van der Waals surface area (Å²) in [4.78, 5) is 43.2. The van der Waals surface area contributed by atoms with Crippen molar-refractivity contribution in [2.24, 2.45) is 0 Å². The Morgan fingerprint density at radius 3 is 2.41 bits per heavy atom. The summed E-state index contributed by atoms with van der Waals surface area (Å²) in [5, 5.41) is 1.69. The number of nitrogens with zero attached hydrogens (tertiary/aromatic N) is 3. The molecule has 1 fully saturated rings. The zero-order chi connectivity index (χ0) is 23.7. The van der Waals surface area contributed by atoms with Crippen molar-refractivity contribution in [1.82, 2.24) is 20.0 Å². The first-order chi connectivity index (χ1) is 16.5. The van der Waals surface area contributed by atoms with Crippen molar-refractivity contribution < 1.29 is 9.59 Å². The van der Waals surface area contributed by atoms with E-state index in [9.17, 15) is 14.4 Å². The first-order valence-corrected chi connectivity index (χ1v) is 11.4. The standard InChI is InChI=1S/C26H19BrN4O3/c27-18-12-13-21-20(15-18)26(34)30(19-9-5-2-6-10-19)25(28-21)22-16-24(33)31(22)29-23(32)14-11-17-7-3-1-4-8-17/h1-15,22H,16H2,(H,29,32)/b14-11+. The number of benzene rings is 3. The third-order valence-corrected chi connectivity index (χ3v) is 6.07. The van der Waals surface area contributed by atoms with Gasteiger partial charge >= 0.3 is 0 Å². The Morgan fingerprint density at radius 1 is 1.00 bits per heavy atom. The van der Waals surface area contributed by atoms with E-state index in [4.69, 9.17) is 4.98 Å². The third-order valence-electron chi connectivity index (χ3n) is 5.57. The Kier molecular flexibility index (Phi) is 5.81. The van der Waals surface area contributed by atoms with Gasteiger partial charge in [-0.15, -0.1) is 0 Å². The summed E-state index contributed by atoms with van der Waals surface area (Å²) in [6, 6.07) is 23.2. The van der Waals surface area contributed by atoms with Crippen LogP contribution in [-0.2, 0) is 9.59 Å². The van der Waals surface area contributed by atoms with Crippen molar-refractivity contribution in [3.8, 4) is 5.69 Å². The molecule has 8 heteroatoms. The number of rotatable bonds is 5. The van der Waals surface area contributed by atoms with Gasteiger partial charge in [-0.1, -0.05) is 64.5 Å². The summed E-state index contributed by atoms with van der Waals surface area (Å²) in [6.45, 7) is 0. The van der Waals surface area contributed by atoms with Crippen LogP contribution >= 0.6 is 15.9 Å². The molecule has 5 rings (SSSR count). The second-order valence-corrected chi connectivity index (χ2v) is 8.73. The lowest BCUT2D eigenvalue weighted by molar-refractivity contribution is -0.156. The molecule has 2 amide bonds. The molecule has 1 atom stereocenters. The van der Waals surface area contributed by atoms with Crippen LogP contribution in [-0.4, -0.2) is 26.4 Å². The minimum absolute atomic E-state index is 0.129. The van der Waals surface area contributed by atoms with E-state index in [1.165, 1.54) is 15.7 Å². The van der Waals surface area contributed by atoms with E-state index in [0.29, 0.717) is 22.4 Å². The Bertz CT molecular complexity index is 1480. The van der Waals surface area contributed by atoms with Crippen LogP contribution in [0.1, 0.15) is 23.9 Å². The number of aromatic nitrogens is 2. The van der Waals surface area contributed by atoms with Crippen LogP contribution < -0.4 is 11.0 Å². The molecule has 2 heterocycles. The number of amides is 2. The number of carbonyl (C=O) groups is 2. The molecule has 1 aliphatic rings. The highest BCUT2D eigenvalue weighted by atomic mass is 79.9. The van der Waals surface area contributed by atoms with Crippen LogP contribution in [0.5, 0.6) is 0 Å². The number of halogens is 1. The van der Waals surface area contributed by atoms with Crippen molar-refractivity contribution in [3.05, 3.63) is 111 Å². The Balaban J connectivity index is 1.52. The van der Waals surface area contributed by atoms with Crippen LogP contribution in [0.2, 0.25) is 0 Å². The highest BCUT2D eigenvalue weighted by Crippen LogP contribution is 2.33. The lowest BCUT2D eigenvalue weighted by Crippen LogP contribution is -2.57. The van der Waals surface area contributed by atoms with Gasteiger partial charge in [0.1, 0.15) is 11.9 Å². The highest BCUT2D eigenvalue weighted by Gasteiger charge is 2.41. The molecule has 4 aromatic rings. The van der Waals surface area contributed by atoms with Gasteiger partial charge in [0.15, 0.2) is 0 Å². The van der Waals surface area contributed by atoms with E-state index in [1.54, 1.807) is 18.2 Å². The fourth-order valence-electron chi connectivity index (χ4n) is 3.88. The molecule has 168 valence electrons. The van der Waals surface area contributed by atoms with Gasteiger partial charge in [-0.25, -0.2) is 9.99 Å². The monoisotopic (exact) mass is 514 g/mol. The number of hydrogen-bond acceptors (Lipinski definition) is 4. The van der Waals surface area contributed by atoms with Gasteiger partial charge < -0.3 is 0 Å². The number of β-lactam (4-membered cyclic amide) rings is 1. The molecular weight excluding hydrogens is 496 g/mol. The lowest BCUT2D eigenvalue weighted by Gasteiger charge is -2.39. The highest BCUT2D eigenvalue weighted by molar-refractivity contribution is 9.10. The number of carbonyl (C=O) groups excluding carboxylic acids is 2. The first kappa shape index (κ1) is 21.8. The van der Waals surface area contributed by atoms with Crippen LogP contribution in [0.25, 0.3) is 22.7 Å². The largest absolute Gasteiger partial charge is 0.273 e. The van der Waals surface area contributed by atoms with Gasteiger partial charge in [-0.3, -0.25) is 24.4 Å². The summed E-state index contributed by atoms with van der Waals surface area (Å²) >= 11 is 3.41. The van der Waals surface area contributed by atoms with E-state index in [-0.39, 0.29) is 17.9 Å². The van der Waals surface area contributed by atoms with Crippen LogP contribution in [0, 0.1) is 0 Å². The molecule has 1 saturated heterocycles. The topological polar surface area (TPSA) is 84.3 Å². The van der Waals surface area contributed by atoms with Gasteiger partial charge in [-0.05, 0) is 42.0 Å². The molecule has 1 aromatic heterocycles. The second-order valence-electron chi connectivity index (χ2n) is 7.81. The Hall–Kier alpha value is -4.04. The summed E-state index contributed by atoms with van der Waals surface area (Å²) in [6.07, 6.45) is 3.16. The molecule has 1 unspecified atom stereocenters. The number of para-hydroxylation sites is 1. The zero-order valence-corrected chi connectivity index (χ0v) is 19.5. The minimum atomic E-state index is -0.581. The third kappa shape index (κ3) is 4.15. The van der Waals surface area contributed by atoms with Crippen molar-refractivity contribution >= 4 is 44.7 Å². The maximum absolute atomic E-state index is 13.5. The number of hydrazine groups is 1. The molecule has 3 aromatic carbocycles. The van der Waals surface area contributed by atoms with E-state index < -0.39 is 11.9 Å². The van der Waals surface area contributed by atoms with Gasteiger partial charge in [0.05, 0.1) is 23.0 Å². The van der Waals surface area contributed by atoms with Gasteiger partial charge in [0.25, 0.3) is 11.5 Å². The molecule has 0 saturated carbocycles. The van der Waals surface area contributed by atoms with Crippen molar-refractivity contribution in [1.29, 1.82) is 0 Å². The minimum Gasteiger partial charge on any atom is -0.273 e. The molecule has 1 N–H and O–H groups in total. The van der Waals surface area contributed by atoms with Gasteiger partial charge in [-0.2, -0.15) is 0 Å². The fourth-order valence-corrected chi connectivity index (χ4v) is 4.24. The van der Waals surface area contributed by atoms with E-state index >= 15 is 0 Å². The van der Waals surface area contributed by atoms with Crippen LogP contribution in [0.15, 0.2) is 94.2 Å².